The summed E-state index contributed by atoms with van der Waals surface area (Å²) in [5.74, 6) is 1.48. The Balaban J connectivity index is 1.31. The van der Waals surface area contributed by atoms with Gasteiger partial charge in [-0.15, -0.1) is 0 Å². The number of fused-ring (bicyclic) bond motifs is 1. The number of carbonyl (C=O) groups is 1. The van der Waals surface area contributed by atoms with E-state index >= 15 is 0 Å². The molecule has 0 saturated carbocycles. The van der Waals surface area contributed by atoms with Crippen LogP contribution in [0.5, 0.6) is 0 Å². The Labute approximate surface area is 210 Å². The maximum Gasteiger partial charge on any atom is 0.227 e. The minimum absolute atomic E-state index is 0.0944. The molecule has 180 valence electrons. The van der Waals surface area contributed by atoms with E-state index in [1.54, 1.807) is 0 Å². The summed E-state index contributed by atoms with van der Waals surface area (Å²) in [5.41, 5.74) is 3.24. The molecule has 2 fully saturated rings. The van der Waals surface area contributed by atoms with Crippen molar-refractivity contribution in [3.05, 3.63) is 58.8 Å². The normalized spacial score (nSPS) is 20.2. The molecule has 0 aliphatic carbocycles. The largest absolute Gasteiger partial charge is 0.340 e. The molecule has 1 amide bonds. The summed E-state index contributed by atoms with van der Waals surface area (Å²) in [6, 6.07) is 16.7. The van der Waals surface area contributed by atoms with Crippen molar-refractivity contribution in [3.63, 3.8) is 0 Å². The third kappa shape index (κ3) is 5.07. The Morgan fingerprint density at radius 1 is 1.00 bits per heavy atom. The molecule has 0 spiro atoms. The predicted molar refractivity (Wildman–Crippen MR) is 140 cm³/mol. The highest BCUT2D eigenvalue weighted by molar-refractivity contribution is 9.10. The van der Waals surface area contributed by atoms with Gasteiger partial charge in [0, 0.05) is 42.9 Å². The second-order valence-corrected chi connectivity index (χ2v) is 10.5. The zero-order chi connectivity index (χ0) is 23.5. The summed E-state index contributed by atoms with van der Waals surface area (Å²) in [7, 11) is 0. The maximum atomic E-state index is 13.3. The molecule has 0 N–H and O–H groups in total. The number of hydrogen-bond acceptors (Lipinski definition) is 4. The minimum atomic E-state index is 0.0944. The van der Waals surface area contributed by atoms with Gasteiger partial charge in [-0.25, -0.2) is 4.98 Å². The van der Waals surface area contributed by atoms with Gasteiger partial charge in [0.2, 0.25) is 5.91 Å². The maximum absolute atomic E-state index is 13.3. The zero-order valence-corrected chi connectivity index (χ0v) is 21.6. The van der Waals surface area contributed by atoms with E-state index in [1.165, 1.54) is 6.42 Å². The fourth-order valence-electron chi connectivity index (χ4n) is 5.43. The fraction of sp³-hybridized carbons (Fsp3) is 0.481. The topological polar surface area (TPSA) is 44.6 Å². The quantitative estimate of drug-likeness (QED) is 0.475. The number of rotatable bonds is 6. The Morgan fingerprint density at radius 2 is 1.76 bits per heavy atom. The van der Waals surface area contributed by atoms with Gasteiger partial charge in [-0.3, -0.25) is 19.2 Å². The van der Waals surface area contributed by atoms with Gasteiger partial charge >= 0.3 is 0 Å². The molecule has 2 aliphatic rings. The lowest BCUT2D eigenvalue weighted by molar-refractivity contribution is -0.139. The molecule has 1 atom stereocenters. The third-order valence-corrected chi connectivity index (χ3v) is 7.69. The SMILES string of the molecule is CCCN1CCN(C(=O)[C@H]2CCCN(Cc3nc4ccccc4n3-c3ccc(Br)cc3)C2)CC1. The van der Waals surface area contributed by atoms with Gasteiger partial charge in [0.15, 0.2) is 0 Å². The molecule has 2 saturated heterocycles. The lowest BCUT2D eigenvalue weighted by atomic mass is 9.96. The molecule has 0 unspecified atom stereocenters. The second-order valence-electron chi connectivity index (χ2n) is 9.57. The molecule has 3 heterocycles. The van der Waals surface area contributed by atoms with Gasteiger partial charge in [0.25, 0.3) is 0 Å². The van der Waals surface area contributed by atoms with Crippen molar-refractivity contribution in [1.29, 1.82) is 0 Å². The van der Waals surface area contributed by atoms with Gasteiger partial charge < -0.3 is 4.90 Å². The van der Waals surface area contributed by atoms with Crippen LogP contribution < -0.4 is 0 Å². The summed E-state index contributed by atoms with van der Waals surface area (Å²) < 4.78 is 3.33. The summed E-state index contributed by atoms with van der Waals surface area (Å²) in [6.45, 7) is 9.69. The van der Waals surface area contributed by atoms with Crippen LogP contribution >= 0.6 is 15.9 Å². The average molecular weight is 525 g/mol. The molecule has 0 bridgehead atoms. The zero-order valence-electron chi connectivity index (χ0n) is 20.0. The first kappa shape index (κ1) is 23.5. The number of carbonyl (C=O) groups excluding carboxylic acids is 1. The Hall–Kier alpha value is -2.22. The molecule has 34 heavy (non-hydrogen) atoms. The van der Waals surface area contributed by atoms with Crippen LogP contribution in [0.4, 0.5) is 0 Å². The predicted octanol–water partition coefficient (Wildman–Crippen LogP) is 4.55. The summed E-state index contributed by atoms with van der Waals surface area (Å²) in [5, 5.41) is 0. The number of likely N-dealkylation sites (tertiary alicyclic amines) is 1. The highest BCUT2D eigenvalue weighted by Gasteiger charge is 2.31. The van der Waals surface area contributed by atoms with Crippen molar-refractivity contribution in [2.75, 3.05) is 45.8 Å². The van der Waals surface area contributed by atoms with Gasteiger partial charge in [-0.1, -0.05) is 35.0 Å². The van der Waals surface area contributed by atoms with Crippen molar-refractivity contribution in [2.45, 2.75) is 32.7 Å². The van der Waals surface area contributed by atoms with Crippen LogP contribution in [0.25, 0.3) is 16.7 Å². The van der Waals surface area contributed by atoms with Crippen molar-refractivity contribution in [1.82, 2.24) is 24.3 Å². The molecule has 5 rings (SSSR count). The molecule has 2 aromatic carbocycles. The van der Waals surface area contributed by atoms with E-state index in [0.29, 0.717) is 5.91 Å². The van der Waals surface area contributed by atoms with Crippen molar-refractivity contribution < 1.29 is 4.79 Å². The van der Waals surface area contributed by atoms with E-state index in [4.69, 9.17) is 4.98 Å². The van der Waals surface area contributed by atoms with Crippen molar-refractivity contribution >= 4 is 32.9 Å². The van der Waals surface area contributed by atoms with Gasteiger partial charge in [-0.2, -0.15) is 0 Å². The first-order valence-electron chi connectivity index (χ1n) is 12.6. The number of nitrogens with zero attached hydrogens (tertiary/aromatic N) is 5. The van der Waals surface area contributed by atoms with Crippen LogP contribution in [0, 0.1) is 5.92 Å². The van der Waals surface area contributed by atoms with Crippen LogP contribution in [-0.4, -0.2) is 76.0 Å². The van der Waals surface area contributed by atoms with Crippen LogP contribution in [0.15, 0.2) is 53.0 Å². The summed E-state index contributed by atoms with van der Waals surface area (Å²) >= 11 is 3.55. The summed E-state index contributed by atoms with van der Waals surface area (Å²) in [6.07, 6.45) is 3.23. The molecule has 2 aliphatic heterocycles. The smallest absolute Gasteiger partial charge is 0.227 e. The molecular formula is C27H34BrN5O. The van der Waals surface area contributed by atoms with Crippen LogP contribution in [0.1, 0.15) is 32.0 Å². The molecule has 6 nitrogen and oxygen atoms in total. The van der Waals surface area contributed by atoms with Crippen molar-refractivity contribution in [3.8, 4) is 5.69 Å². The number of piperazine rings is 1. The van der Waals surface area contributed by atoms with E-state index in [9.17, 15) is 4.79 Å². The number of amides is 1. The summed E-state index contributed by atoms with van der Waals surface area (Å²) in [4.78, 5) is 25.3. The number of imidazole rings is 1. The van der Waals surface area contributed by atoms with Crippen LogP contribution in [0.2, 0.25) is 0 Å². The Bertz CT molecular complexity index is 1120. The van der Waals surface area contributed by atoms with Gasteiger partial charge in [0.1, 0.15) is 5.82 Å². The lowest BCUT2D eigenvalue weighted by Gasteiger charge is -2.39. The number of aromatic nitrogens is 2. The molecule has 3 aromatic rings. The van der Waals surface area contributed by atoms with E-state index in [1.807, 2.05) is 6.07 Å². The number of hydrogen-bond donors (Lipinski definition) is 0. The van der Waals surface area contributed by atoms with Gasteiger partial charge in [-0.05, 0) is 68.8 Å². The highest BCUT2D eigenvalue weighted by atomic mass is 79.9. The Morgan fingerprint density at radius 3 is 2.53 bits per heavy atom. The highest BCUT2D eigenvalue weighted by Crippen LogP contribution is 2.26. The molecule has 1 aromatic heterocycles. The third-order valence-electron chi connectivity index (χ3n) is 7.16. The number of benzene rings is 2. The molecule has 7 heteroatoms. The average Bonchev–Trinajstić information content (AvgIpc) is 3.23. The van der Waals surface area contributed by atoms with E-state index in [2.05, 4.69) is 84.6 Å². The van der Waals surface area contributed by atoms with E-state index < -0.39 is 0 Å². The number of para-hydroxylation sites is 2. The first-order valence-corrected chi connectivity index (χ1v) is 13.4. The van der Waals surface area contributed by atoms with Gasteiger partial charge in [0.05, 0.1) is 23.5 Å². The molecular weight excluding hydrogens is 490 g/mol. The Kier molecular flexibility index (Phi) is 7.32. The lowest BCUT2D eigenvalue weighted by Crippen LogP contribution is -2.52. The standard InChI is InChI=1S/C27H34BrN5O/c1-2-13-30-15-17-32(18-16-30)27(34)21-6-5-14-31(19-21)20-26-29-24-7-3-4-8-25(24)33(26)23-11-9-22(28)10-12-23/h3-4,7-12,21H,2,5-6,13-20H2,1H3/t21-/m0/s1. The van der Waals surface area contributed by atoms with E-state index in [-0.39, 0.29) is 5.92 Å². The minimum Gasteiger partial charge on any atom is -0.340 e. The molecule has 0 radical (unpaired) electrons. The second kappa shape index (κ2) is 10.6. The van der Waals surface area contributed by atoms with Crippen LogP contribution in [-0.2, 0) is 11.3 Å². The van der Waals surface area contributed by atoms with Crippen LogP contribution in [0.3, 0.4) is 0 Å². The fourth-order valence-corrected chi connectivity index (χ4v) is 5.69. The number of halogens is 1. The monoisotopic (exact) mass is 523 g/mol. The van der Waals surface area contributed by atoms with Crippen molar-refractivity contribution in [2.24, 2.45) is 5.92 Å². The van der Waals surface area contributed by atoms with E-state index in [0.717, 1.165) is 92.2 Å². The number of piperidine rings is 1. The first-order chi connectivity index (χ1) is 16.6.